The highest BCUT2D eigenvalue weighted by Gasteiger charge is 2.68. The molecule has 12 bridgehead atoms. The van der Waals surface area contributed by atoms with Crippen molar-refractivity contribution in [1.29, 1.82) is 0 Å². The van der Waals surface area contributed by atoms with Crippen molar-refractivity contribution in [2.45, 2.75) is 194 Å². The fraction of sp³-hybridized carbons (Fsp3) is 0.875. The maximum Gasteiger partial charge on any atom is 0.172 e. The molecule has 0 aromatic carbocycles. The number of carbonyl (C=O) groups excluding carboxylic acids is 1. The van der Waals surface area contributed by atoms with Crippen molar-refractivity contribution >= 4 is 5.78 Å². The predicted molar refractivity (Wildman–Crippen MR) is 184 cm³/mol. The minimum atomic E-state index is -0.951. The number of ketones is 1. The molecule has 290 valence electrons. The van der Waals surface area contributed by atoms with E-state index in [4.69, 9.17) is 42.6 Å². The minimum absolute atomic E-state index is 0.0260. The van der Waals surface area contributed by atoms with Crippen molar-refractivity contribution < 1.29 is 57.6 Å². The topological polar surface area (TPSA) is 141 Å². The molecule has 52 heavy (non-hydrogen) atoms. The summed E-state index contributed by atoms with van der Waals surface area (Å²) in [6, 6.07) is 0. The van der Waals surface area contributed by atoms with E-state index in [0.29, 0.717) is 25.7 Å². The molecule has 0 aromatic rings. The van der Waals surface area contributed by atoms with Gasteiger partial charge in [0.15, 0.2) is 5.79 Å². The van der Waals surface area contributed by atoms with Crippen molar-refractivity contribution in [3.05, 3.63) is 24.3 Å². The van der Waals surface area contributed by atoms with Crippen molar-refractivity contribution in [3.8, 4) is 0 Å². The van der Waals surface area contributed by atoms with Crippen LogP contribution in [0.25, 0.3) is 0 Å². The summed E-state index contributed by atoms with van der Waals surface area (Å²) in [5.41, 5.74) is 2.17. The van der Waals surface area contributed by atoms with Gasteiger partial charge in [-0.15, -0.1) is 0 Å². The molecule has 10 saturated heterocycles. The molecule has 10 aliphatic heterocycles. The summed E-state index contributed by atoms with van der Waals surface area (Å²) < 4.78 is 59.8. The van der Waals surface area contributed by atoms with Crippen molar-refractivity contribution in [3.63, 3.8) is 0 Å². The highest BCUT2D eigenvalue weighted by Crippen LogP contribution is 2.54. The second-order valence-corrected chi connectivity index (χ2v) is 17.4. The number of fused-ring (bicyclic) bond motifs is 6. The van der Waals surface area contributed by atoms with Crippen LogP contribution in [0.2, 0.25) is 0 Å². The van der Waals surface area contributed by atoms with Crippen molar-refractivity contribution in [2.24, 2.45) is 11.8 Å². The van der Waals surface area contributed by atoms with Gasteiger partial charge in [-0.3, -0.25) is 4.79 Å². The van der Waals surface area contributed by atoms with E-state index >= 15 is 0 Å². The lowest BCUT2D eigenvalue weighted by Gasteiger charge is -2.47. The Labute approximate surface area is 306 Å². The molecule has 10 fully saturated rings. The number of ether oxygens (including phenoxy) is 9. The van der Waals surface area contributed by atoms with Gasteiger partial charge < -0.3 is 52.8 Å². The molecule has 18 unspecified atom stereocenters. The largest absolute Gasteiger partial charge is 0.394 e. The van der Waals surface area contributed by atoms with Gasteiger partial charge in [0.25, 0.3) is 0 Å². The van der Waals surface area contributed by atoms with E-state index in [9.17, 15) is 15.0 Å². The average molecular weight is 731 g/mol. The summed E-state index contributed by atoms with van der Waals surface area (Å²) in [6.45, 7) is 10.7. The number of hydrogen-bond acceptors (Lipinski definition) is 12. The Hall–Kier alpha value is -1.29. The zero-order chi connectivity index (χ0) is 35.9. The van der Waals surface area contributed by atoms with Gasteiger partial charge in [-0.1, -0.05) is 20.1 Å². The third kappa shape index (κ3) is 6.59. The lowest BCUT2D eigenvalue weighted by Crippen LogP contribution is -2.61. The number of rotatable bonds is 4. The van der Waals surface area contributed by atoms with Gasteiger partial charge in [-0.05, 0) is 62.0 Å². The zero-order valence-electron chi connectivity index (χ0n) is 30.7. The van der Waals surface area contributed by atoms with E-state index in [-0.39, 0.29) is 123 Å². The predicted octanol–water partition coefficient (Wildman–Crippen LogP) is 3.47. The van der Waals surface area contributed by atoms with Crippen LogP contribution in [0.15, 0.2) is 24.3 Å². The lowest BCUT2D eigenvalue weighted by molar-refractivity contribution is -0.292. The Morgan fingerprint density at radius 3 is 2.37 bits per heavy atom. The lowest BCUT2D eigenvalue weighted by atomic mass is 9.81. The van der Waals surface area contributed by atoms with E-state index in [1.807, 2.05) is 0 Å². The fourth-order valence-corrected chi connectivity index (χ4v) is 11.3. The molecule has 1 spiro atoms. The molecule has 2 N–H and O–H groups in total. The Kier molecular flexibility index (Phi) is 10.0. The maximum absolute atomic E-state index is 14.0. The highest BCUT2D eigenvalue weighted by molar-refractivity contribution is 5.79. The summed E-state index contributed by atoms with van der Waals surface area (Å²) in [7, 11) is 1.63. The fourth-order valence-electron chi connectivity index (χ4n) is 11.3. The summed E-state index contributed by atoms with van der Waals surface area (Å²) in [5, 5.41) is 20.1. The molecule has 19 atom stereocenters. The molecule has 10 aliphatic rings. The number of Topliss-reactive ketones (excluding diaryl/α,β-unsaturated/α-hetero) is 1. The Morgan fingerprint density at radius 1 is 0.788 bits per heavy atom. The van der Waals surface area contributed by atoms with E-state index in [2.05, 4.69) is 20.1 Å². The molecule has 0 aromatic heterocycles. The normalized spacial score (nSPS) is 52.4. The van der Waals surface area contributed by atoms with Crippen LogP contribution >= 0.6 is 0 Å². The van der Waals surface area contributed by atoms with Crippen molar-refractivity contribution in [2.75, 3.05) is 13.7 Å². The van der Waals surface area contributed by atoms with Gasteiger partial charge in [-0.2, -0.15) is 0 Å². The first-order valence-corrected chi connectivity index (χ1v) is 20.1. The van der Waals surface area contributed by atoms with Gasteiger partial charge >= 0.3 is 0 Å². The number of aliphatic hydroxyl groups is 2. The first-order valence-electron chi connectivity index (χ1n) is 20.1. The van der Waals surface area contributed by atoms with Crippen LogP contribution < -0.4 is 0 Å². The SMILES string of the molecule is C=C1CC2CC[C@@]34CC5OC6C(OC7CCC(CC(=O)CC8C(CC9OC(CCC1O2)CC(C)C9=C)OC(CC(O)CO)C8OC)OC7C6O3)C5O4. The Morgan fingerprint density at radius 2 is 1.54 bits per heavy atom. The molecule has 12 heteroatoms. The number of methoxy groups -OCH3 is 1. The first kappa shape index (κ1) is 36.4. The number of carbonyl (C=O) groups is 1. The van der Waals surface area contributed by atoms with Gasteiger partial charge in [0.1, 0.15) is 36.3 Å². The smallest absolute Gasteiger partial charge is 0.172 e. The summed E-state index contributed by atoms with van der Waals surface area (Å²) in [5.74, 6) is -0.709. The van der Waals surface area contributed by atoms with E-state index in [0.717, 1.165) is 49.7 Å². The molecule has 10 heterocycles. The second-order valence-electron chi connectivity index (χ2n) is 17.4. The van der Waals surface area contributed by atoms with Crippen LogP contribution in [-0.2, 0) is 47.4 Å². The third-order valence-corrected chi connectivity index (χ3v) is 13.9. The Balaban J connectivity index is 0.994. The molecule has 10 rings (SSSR count). The summed E-state index contributed by atoms with van der Waals surface area (Å²) in [6.07, 6.45) is 4.01. The quantitative estimate of drug-likeness (QED) is 0.410. The first-order chi connectivity index (χ1) is 25.1. The van der Waals surface area contributed by atoms with Crippen LogP contribution in [0.4, 0.5) is 0 Å². The van der Waals surface area contributed by atoms with E-state index < -0.39 is 24.1 Å². The van der Waals surface area contributed by atoms with Crippen LogP contribution in [0.3, 0.4) is 0 Å². The summed E-state index contributed by atoms with van der Waals surface area (Å²) in [4.78, 5) is 14.0. The monoisotopic (exact) mass is 730 g/mol. The molecule has 12 nitrogen and oxygen atoms in total. The number of aliphatic hydroxyl groups excluding tert-OH is 2. The molecule has 0 amide bonds. The average Bonchev–Trinajstić information content (AvgIpc) is 3.79. The number of hydrogen-bond donors (Lipinski definition) is 2. The molecular formula is C40H58O12. The molecular weight excluding hydrogens is 672 g/mol. The van der Waals surface area contributed by atoms with Crippen molar-refractivity contribution in [1.82, 2.24) is 0 Å². The van der Waals surface area contributed by atoms with Crippen LogP contribution in [0.1, 0.15) is 90.4 Å². The van der Waals surface area contributed by atoms with Gasteiger partial charge in [0.2, 0.25) is 0 Å². The molecule has 0 radical (unpaired) electrons. The third-order valence-electron chi connectivity index (χ3n) is 13.9. The van der Waals surface area contributed by atoms with Crippen LogP contribution in [-0.4, -0.2) is 133 Å². The maximum atomic E-state index is 14.0. The van der Waals surface area contributed by atoms with E-state index in [1.54, 1.807) is 7.11 Å². The van der Waals surface area contributed by atoms with Gasteiger partial charge in [-0.25, -0.2) is 0 Å². The van der Waals surface area contributed by atoms with E-state index in [1.165, 1.54) is 0 Å². The summed E-state index contributed by atoms with van der Waals surface area (Å²) >= 11 is 0. The molecule has 0 aliphatic carbocycles. The standard InChI is InChI=1S/C40H58O12/c1-19-11-24-5-7-28-20(2)12-26(45-28)9-10-40-17-33-36(51-40)37-38(50-33)39(52-40)35-29(49-37)8-6-25(47-35)13-22(42)14-27-31(16-30(46-24)21(19)3)48-32(34(27)44-4)15-23(43)18-41/h19,23-39,41,43H,2-3,5-18H2,1,4H3/t19?,23?,24?,25?,26?,27?,28?,29?,30?,31?,32?,33?,34?,35?,36?,37?,38?,39?,40-/m0/s1. The zero-order valence-corrected chi connectivity index (χ0v) is 30.7. The second kappa shape index (κ2) is 14.3. The van der Waals surface area contributed by atoms with Gasteiger partial charge in [0, 0.05) is 51.6 Å². The highest BCUT2D eigenvalue weighted by atomic mass is 16.8. The van der Waals surface area contributed by atoms with Gasteiger partial charge in [0.05, 0.1) is 73.8 Å². The Bertz CT molecular complexity index is 1370. The minimum Gasteiger partial charge on any atom is -0.394 e. The van der Waals surface area contributed by atoms with Crippen LogP contribution in [0.5, 0.6) is 0 Å². The van der Waals surface area contributed by atoms with Crippen LogP contribution in [0, 0.1) is 11.8 Å². The molecule has 0 saturated carbocycles.